The van der Waals surface area contributed by atoms with Crippen LogP contribution in [-0.4, -0.2) is 23.1 Å². The predicted octanol–water partition coefficient (Wildman–Crippen LogP) is 2.11. The van der Waals surface area contributed by atoms with E-state index in [-0.39, 0.29) is 0 Å². The molecule has 0 spiro atoms. The Hall–Kier alpha value is -1.38. The van der Waals surface area contributed by atoms with Gasteiger partial charge in [-0.25, -0.2) is 4.98 Å². The van der Waals surface area contributed by atoms with Crippen LogP contribution in [0, 0.1) is 0 Å². The zero-order valence-electron chi connectivity index (χ0n) is 8.32. The Morgan fingerprint density at radius 1 is 1.21 bits per heavy atom. The molecule has 1 aromatic heterocycles. The lowest BCUT2D eigenvalue weighted by Gasteiger charge is -2.27. The molecule has 74 valence electrons. The van der Waals surface area contributed by atoms with E-state index in [1.54, 1.807) is 12.3 Å². The second-order valence-corrected chi connectivity index (χ2v) is 3.55. The molecule has 1 saturated heterocycles. The quantitative estimate of drug-likeness (QED) is 0.713. The zero-order valence-corrected chi connectivity index (χ0v) is 8.32. The molecule has 14 heavy (non-hydrogen) atoms. The Balaban J connectivity index is 2.17. The lowest BCUT2D eigenvalue weighted by atomic mass is 10.1. The molecule has 0 radical (unpaired) electrons. The van der Waals surface area contributed by atoms with Gasteiger partial charge < -0.3 is 4.90 Å². The van der Waals surface area contributed by atoms with Gasteiger partial charge in [-0.1, -0.05) is 6.58 Å². The highest BCUT2D eigenvalue weighted by Crippen LogP contribution is 2.16. The second kappa shape index (κ2) is 4.22. The molecule has 1 aromatic rings. The van der Waals surface area contributed by atoms with Gasteiger partial charge in [-0.05, 0) is 25.3 Å². The van der Waals surface area contributed by atoms with Gasteiger partial charge in [-0.15, -0.1) is 0 Å². The number of piperidine rings is 1. The van der Waals surface area contributed by atoms with E-state index in [0.717, 1.165) is 24.6 Å². The van der Waals surface area contributed by atoms with Crippen LogP contribution in [0.5, 0.6) is 0 Å². The predicted molar refractivity (Wildman–Crippen MR) is 58.2 cm³/mol. The Bertz CT molecular complexity index is 316. The van der Waals surface area contributed by atoms with Crippen molar-refractivity contribution in [3.05, 3.63) is 24.7 Å². The maximum absolute atomic E-state index is 4.46. The van der Waals surface area contributed by atoms with E-state index in [4.69, 9.17) is 0 Å². The molecule has 0 bridgehead atoms. The van der Waals surface area contributed by atoms with E-state index in [0.29, 0.717) is 0 Å². The number of nitrogens with zero attached hydrogens (tertiary/aromatic N) is 3. The molecular formula is C11H15N3. The highest BCUT2D eigenvalue weighted by Gasteiger charge is 2.11. The summed E-state index contributed by atoms with van der Waals surface area (Å²) in [5.41, 5.74) is 0.855. The minimum Gasteiger partial charge on any atom is -0.355 e. The molecule has 3 nitrogen and oxygen atoms in total. The van der Waals surface area contributed by atoms with E-state index in [9.17, 15) is 0 Å². The maximum Gasteiger partial charge on any atom is 0.147 e. The van der Waals surface area contributed by atoms with Gasteiger partial charge in [-0.2, -0.15) is 0 Å². The fraction of sp³-hybridized carbons (Fsp3) is 0.455. The monoisotopic (exact) mass is 189 g/mol. The van der Waals surface area contributed by atoms with Gasteiger partial charge in [0.2, 0.25) is 0 Å². The molecule has 0 aromatic carbocycles. The van der Waals surface area contributed by atoms with Crippen molar-refractivity contribution in [1.29, 1.82) is 0 Å². The molecule has 1 aliphatic rings. The van der Waals surface area contributed by atoms with Crippen LogP contribution in [0.15, 0.2) is 19.0 Å². The van der Waals surface area contributed by atoms with Crippen molar-refractivity contribution in [3.8, 4) is 0 Å². The number of hydrogen-bond donors (Lipinski definition) is 0. The first-order valence-electron chi connectivity index (χ1n) is 5.09. The summed E-state index contributed by atoms with van der Waals surface area (Å²) in [6.45, 7) is 5.91. The molecule has 1 fully saturated rings. The fourth-order valence-corrected chi connectivity index (χ4v) is 1.74. The van der Waals surface area contributed by atoms with Crippen molar-refractivity contribution in [2.45, 2.75) is 19.3 Å². The third kappa shape index (κ3) is 1.92. The molecule has 2 heterocycles. The minimum atomic E-state index is 0.855. The van der Waals surface area contributed by atoms with Crippen molar-refractivity contribution in [3.63, 3.8) is 0 Å². The van der Waals surface area contributed by atoms with E-state index in [2.05, 4.69) is 21.4 Å². The molecule has 0 saturated carbocycles. The van der Waals surface area contributed by atoms with Crippen LogP contribution in [-0.2, 0) is 0 Å². The molecule has 3 heteroatoms. The Morgan fingerprint density at radius 3 is 2.71 bits per heavy atom. The van der Waals surface area contributed by atoms with Gasteiger partial charge in [0.1, 0.15) is 5.82 Å². The molecule has 0 N–H and O–H groups in total. The smallest absolute Gasteiger partial charge is 0.147 e. The SMILES string of the molecule is C=Cc1cncc(N2CCCCC2)n1. The molecule has 1 aliphatic heterocycles. The Labute approximate surface area is 84.5 Å². The first kappa shape index (κ1) is 9.19. The summed E-state index contributed by atoms with van der Waals surface area (Å²) >= 11 is 0. The van der Waals surface area contributed by atoms with Gasteiger partial charge in [0.25, 0.3) is 0 Å². The molecule has 0 atom stereocenters. The molecule has 2 rings (SSSR count). The summed E-state index contributed by atoms with van der Waals surface area (Å²) in [6.07, 6.45) is 9.17. The van der Waals surface area contributed by atoms with Crippen LogP contribution in [0.4, 0.5) is 5.82 Å². The van der Waals surface area contributed by atoms with Crippen LogP contribution in [0.25, 0.3) is 6.08 Å². The zero-order chi connectivity index (χ0) is 9.80. The van der Waals surface area contributed by atoms with Crippen molar-refractivity contribution >= 4 is 11.9 Å². The first-order valence-corrected chi connectivity index (χ1v) is 5.09. The summed E-state index contributed by atoms with van der Waals surface area (Å²) < 4.78 is 0. The molecule has 0 aliphatic carbocycles. The largest absolute Gasteiger partial charge is 0.355 e. The molecule has 0 unspecified atom stereocenters. The van der Waals surface area contributed by atoms with Gasteiger partial charge in [0, 0.05) is 13.1 Å². The second-order valence-electron chi connectivity index (χ2n) is 3.55. The lowest BCUT2D eigenvalue weighted by Crippen LogP contribution is -2.30. The first-order chi connectivity index (χ1) is 6.90. The van der Waals surface area contributed by atoms with Gasteiger partial charge in [0.05, 0.1) is 18.1 Å². The van der Waals surface area contributed by atoms with Crippen LogP contribution in [0.3, 0.4) is 0 Å². The maximum atomic E-state index is 4.46. The van der Waals surface area contributed by atoms with Crippen LogP contribution >= 0.6 is 0 Å². The van der Waals surface area contributed by atoms with E-state index in [1.165, 1.54) is 19.3 Å². The van der Waals surface area contributed by atoms with Crippen molar-refractivity contribution in [2.24, 2.45) is 0 Å². The lowest BCUT2D eigenvalue weighted by molar-refractivity contribution is 0.572. The Kier molecular flexibility index (Phi) is 2.77. The van der Waals surface area contributed by atoms with Gasteiger partial charge in [-0.3, -0.25) is 4.98 Å². The minimum absolute atomic E-state index is 0.855. The summed E-state index contributed by atoms with van der Waals surface area (Å²) in [7, 11) is 0. The van der Waals surface area contributed by atoms with Gasteiger partial charge in [0.15, 0.2) is 0 Å². The summed E-state index contributed by atoms with van der Waals surface area (Å²) in [5.74, 6) is 0.988. The average molecular weight is 189 g/mol. The molecule has 0 amide bonds. The third-order valence-electron chi connectivity index (χ3n) is 2.53. The average Bonchev–Trinajstić information content (AvgIpc) is 2.30. The van der Waals surface area contributed by atoms with Gasteiger partial charge >= 0.3 is 0 Å². The highest BCUT2D eigenvalue weighted by atomic mass is 15.2. The summed E-state index contributed by atoms with van der Waals surface area (Å²) in [6, 6.07) is 0. The van der Waals surface area contributed by atoms with Crippen LogP contribution in [0.2, 0.25) is 0 Å². The normalized spacial score (nSPS) is 16.7. The summed E-state index contributed by atoms with van der Waals surface area (Å²) in [4.78, 5) is 10.9. The van der Waals surface area contributed by atoms with Crippen LogP contribution < -0.4 is 4.90 Å². The Morgan fingerprint density at radius 2 is 2.00 bits per heavy atom. The number of rotatable bonds is 2. The van der Waals surface area contributed by atoms with Crippen molar-refractivity contribution < 1.29 is 0 Å². The molecular weight excluding hydrogens is 174 g/mol. The topological polar surface area (TPSA) is 29.0 Å². The van der Waals surface area contributed by atoms with Crippen molar-refractivity contribution in [1.82, 2.24) is 9.97 Å². The highest BCUT2D eigenvalue weighted by molar-refractivity contribution is 5.45. The third-order valence-corrected chi connectivity index (χ3v) is 2.53. The van der Waals surface area contributed by atoms with Crippen LogP contribution in [0.1, 0.15) is 25.0 Å². The number of anilines is 1. The summed E-state index contributed by atoms with van der Waals surface area (Å²) in [5, 5.41) is 0. The van der Waals surface area contributed by atoms with Crippen molar-refractivity contribution in [2.75, 3.05) is 18.0 Å². The van der Waals surface area contributed by atoms with E-state index in [1.807, 2.05) is 6.20 Å². The standard InChI is InChI=1S/C11H15N3/c1-2-10-8-12-9-11(13-10)14-6-4-3-5-7-14/h2,8-9H,1,3-7H2. The number of aromatic nitrogens is 2. The fourth-order valence-electron chi connectivity index (χ4n) is 1.74. The van der Waals surface area contributed by atoms with E-state index < -0.39 is 0 Å². The number of hydrogen-bond acceptors (Lipinski definition) is 3. The van der Waals surface area contributed by atoms with E-state index >= 15 is 0 Å².